The summed E-state index contributed by atoms with van der Waals surface area (Å²) in [6.07, 6.45) is 4.36. The number of carbonyl (C=O) groups excluding carboxylic acids is 2. The average molecular weight is 374 g/mol. The molecule has 0 saturated heterocycles. The summed E-state index contributed by atoms with van der Waals surface area (Å²) in [7, 11) is 0. The molecule has 4 aromatic rings. The Morgan fingerprint density at radius 3 is 1.57 bits per heavy atom. The van der Waals surface area contributed by atoms with Crippen LogP contribution < -0.4 is 10.6 Å². The van der Waals surface area contributed by atoms with Crippen LogP contribution in [0.3, 0.4) is 0 Å². The van der Waals surface area contributed by atoms with Crippen molar-refractivity contribution in [1.29, 1.82) is 0 Å². The van der Waals surface area contributed by atoms with E-state index in [2.05, 4.69) is 20.6 Å². The third kappa shape index (κ3) is 3.91. The Bertz CT molecular complexity index is 1040. The molecule has 0 aliphatic carbocycles. The number of rotatable bonds is 7. The van der Waals surface area contributed by atoms with Gasteiger partial charge in [-0.25, -0.2) is 0 Å². The van der Waals surface area contributed by atoms with Gasteiger partial charge in [-0.15, -0.1) is 0 Å². The van der Waals surface area contributed by atoms with Gasteiger partial charge < -0.3 is 20.6 Å². The summed E-state index contributed by atoms with van der Waals surface area (Å²) in [6, 6.07) is 15.8. The highest BCUT2D eigenvalue weighted by molar-refractivity contribution is 5.90. The first-order valence-electron chi connectivity index (χ1n) is 9.34. The molecule has 6 heteroatoms. The lowest BCUT2D eigenvalue weighted by Gasteiger charge is -2.07. The predicted molar refractivity (Wildman–Crippen MR) is 110 cm³/mol. The van der Waals surface area contributed by atoms with E-state index in [-0.39, 0.29) is 11.8 Å². The Balaban J connectivity index is 1.22. The first-order valence-corrected chi connectivity index (χ1v) is 9.34. The van der Waals surface area contributed by atoms with Crippen molar-refractivity contribution in [2.75, 3.05) is 13.1 Å². The van der Waals surface area contributed by atoms with E-state index in [0.29, 0.717) is 25.9 Å². The highest BCUT2D eigenvalue weighted by atomic mass is 16.2. The van der Waals surface area contributed by atoms with Gasteiger partial charge in [0, 0.05) is 47.3 Å². The molecular formula is C22H22N4O2. The SMILES string of the molecule is O=C(Cc1c[nH]c2ccccc12)NCCNC(=O)Cc1c[nH]c2ccccc12. The minimum atomic E-state index is -0.0596. The second-order valence-electron chi connectivity index (χ2n) is 6.77. The van der Waals surface area contributed by atoms with Crippen LogP contribution >= 0.6 is 0 Å². The molecule has 2 amide bonds. The minimum absolute atomic E-state index is 0.0596. The Kier molecular flexibility index (Phi) is 5.10. The molecule has 4 N–H and O–H groups in total. The van der Waals surface area contributed by atoms with Gasteiger partial charge in [0.2, 0.25) is 11.8 Å². The molecule has 0 radical (unpaired) electrons. The molecule has 0 saturated carbocycles. The van der Waals surface area contributed by atoms with Gasteiger partial charge in [-0.1, -0.05) is 36.4 Å². The van der Waals surface area contributed by atoms with Crippen molar-refractivity contribution < 1.29 is 9.59 Å². The zero-order valence-electron chi connectivity index (χ0n) is 15.4. The maximum absolute atomic E-state index is 12.2. The van der Waals surface area contributed by atoms with E-state index < -0.39 is 0 Å². The maximum atomic E-state index is 12.2. The van der Waals surface area contributed by atoms with E-state index in [1.165, 1.54) is 0 Å². The molecule has 4 rings (SSSR count). The number of amides is 2. The number of fused-ring (bicyclic) bond motifs is 2. The number of hydrogen-bond acceptors (Lipinski definition) is 2. The molecule has 6 nitrogen and oxygen atoms in total. The summed E-state index contributed by atoms with van der Waals surface area (Å²) in [5.74, 6) is -0.119. The van der Waals surface area contributed by atoms with Crippen molar-refractivity contribution in [3.8, 4) is 0 Å². The third-order valence-corrected chi connectivity index (χ3v) is 4.82. The van der Waals surface area contributed by atoms with E-state index in [1.54, 1.807) is 0 Å². The van der Waals surface area contributed by atoms with Gasteiger partial charge in [-0.2, -0.15) is 0 Å². The standard InChI is InChI=1S/C22H22N4O2/c27-21(11-15-13-25-19-7-3-1-5-17(15)19)23-9-10-24-22(28)12-16-14-26-20-8-4-2-6-18(16)20/h1-8,13-14,25-26H,9-12H2,(H,23,27)(H,24,28). The Morgan fingerprint density at radius 2 is 1.11 bits per heavy atom. The third-order valence-electron chi connectivity index (χ3n) is 4.82. The number of hydrogen-bond donors (Lipinski definition) is 4. The molecule has 0 fully saturated rings. The number of benzene rings is 2. The highest BCUT2D eigenvalue weighted by Crippen LogP contribution is 2.18. The summed E-state index contributed by atoms with van der Waals surface area (Å²) in [4.78, 5) is 30.7. The van der Waals surface area contributed by atoms with Crippen molar-refractivity contribution in [2.45, 2.75) is 12.8 Å². The van der Waals surface area contributed by atoms with Gasteiger partial charge in [0.05, 0.1) is 12.8 Å². The molecule has 2 heterocycles. The van der Waals surface area contributed by atoms with Crippen LogP contribution in [-0.2, 0) is 22.4 Å². The molecule has 2 aromatic carbocycles. The number of carbonyl (C=O) groups is 2. The Hall–Kier alpha value is -3.54. The quantitative estimate of drug-likeness (QED) is 0.375. The second kappa shape index (κ2) is 8.00. The van der Waals surface area contributed by atoms with Crippen molar-refractivity contribution in [3.05, 3.63) is 72.1 Å². The van der Waals surface area contributed by atoms with Crippen LogP contribution in [0.4, 0.5) is 0 Å². The predicted octanol–water partition coefficient (Wildman–Crippen LogP) is 2.67. The molecule has 0 spiro atoms. The Labute approximate surface area is 162 Å². The van der Waals surface area contributed by atoms with Crippen LogP contribution in [0.5, 0.6) is 0 Å². The fourth-order valence-electron chi connectivity index (χ4n) is 3.43. The lowest BCUT2D eigenvalue weighted by Crippen LogP contribution is -2.35. The van der Waals surface area contributed by atoms with Crippen LogP contribution in [-0.4, -0.2) is 34.9 Å². The molecule has 0 atom stereocenters. The monoisotopic (exact) mass is 374 g/mol. The van der Waals surface area contributed by atoms with Crippen LogP contribution in [0.2, 0.25) is 0 Å². The summed E-state index contributed by atoms with van der Waals surface area (Å²) in [5.41, 5.74) is 3.98. The molecule has 0 aliphatic heterocycles. The van der Waals surface area contributed by atoms with Crippen LogP contribution in [0.25, 0.3) is 21.8 Å². The summed E-state index contributed by atoms with van der Waals surface area (Å²) in [6.45, 7) is 0.807. The van der Waals surface area contributed by atoms with Crippen molar-refractivity contribution in [3.63, 3.8) is 0 Å². The van der Waals surface area contributed by atoms with E-state index in [4.69, 9.17) is 0 Å². The number of aromatic amines is 2. The number of H-pyrrole nitrogens is 2. The molecule has 0 unspecified atom stereocenters. The largest absolute Gasteiger partial charge is 0.361 e. The van der Waals surface area contributed by atoms with Gasteiger partial charge in [-0.3, -0.25) is 9.59 Å². The van der Waals surface area contributed by atoms with Crippen LogP contribution in [0.15, 0.2) is 60.9 Å². The lowest BCUT2D eigenvalue weighted by atomic mass is 10.1. The lowest BCUT2D eigenvalue weighted by molar-refractivity contribution is -0.122. The number of aromatic nitrogens is 2. The maximum Gasteiger partial charge on any atom is 0.224 e. The minimum Gasteiger partial charge on any atom is -0.361 e. The average Bonchev–Trinajstić information content (AvgIpc) is 3.30. The van der Waals surface area contributed by atoms with Gasteiger partial charge in [0.25, 0.3) is 0 Å². The first kappa shape index (κ1) is 17.9. The molecule has 28 heavy (non-hydrogen) atoms. The number of nitrogens with one attached hydrogen (secondary N) is 4. The fourth-order valence-corrected chi connectivity index (χ4v) is 3.43. The zero-order valence-corrected chi connectivity index (χ0v) is 15.4. The fraction of sp³-hybridized carbons (Fsp3) is 0.182. The topological polar surface area (TPSA) is 89.8 Å². The zero-order chi connectivity index (χ0) is 19.3. The molecule has 2 aromatic heterocycles. The van der Waals surface area contributed by atoms with Gasteiger partial charge in [0.15, 0.2) is 0 Å². The number of para-hydroxylation sites is 2. The second-order valence-corrected chi connectivity index (χ2v) is 6.77. The summed E-state index contributed by atoms with van der Waals surface area (Å²) >= 11 is 0. The smallest absolute Gasteiger partial charge is 0.224 e. The van der Waals surface area contributed by atoms with Crippen molar-refractivity contribution in [2.24, 2.45) is 0 Å². The first-order chi connectivity index (χ1) is 13.7. The van der Waals surface area contributed by atoms with Crippen LogP contribution in [0.1, 0.15) is 11.1 Å². The van der Waals surface area contributed by atoms with Gasteiger partial charge in [-0.05, 0) is 23.3 Å². The van der Waals surface area contributed by atoms with E-state index in [0.717, 1.165) is 32.9 Å². The molecular weight excluding hydrogens is 352 g/mol. The van der Waals surface area contributed by atoms with E-state index >= 15 is 0 Å². The summed E-state index contributed by atoms with van der Waals surface area (Å²) in [5, 5.41) is 7.83. The van der Waals surface area contributed by atoms with Crippen molar-refractivity contribution >= 4 is 33.6 Å². The molecule has 0 bridgehead atoms. The van der Waals surface area contributed by atoms with Gasteiger partial charge in [0.1, 0.15) is 0 Å². The van der Waals surface area contributed by atoms with Crippen LogP contribution in [0, 0.1) is 0 Å². The van der Waals surface area contributed by atoms with Gasteiger partial charge >= 0.3 is 0 Å². The Morgan fingerprint density at radius 1 is 0.679 bits per heavy atom. The molecule has 0 aliphatic rings. The highest BCUT2D eigenvalue weighted by Gasteiger charge is 2.10. The van der Waals surface area contributed by atoms with Crippen molar-refractivity contribution in [1.82, 2.24) is 20.6 Å². The van der Waals surface area contributed by atoms with E-state index in [1.807, 2.05) is 60.9 Å². The van der Waals surface area contributed by atoms with E-state index in [9.17, 15) is 9.59 Å². The summed E-state index contributed by atoms with van der Waals surface area (Å²) < 4.78 is 0. The molecule has 142 valence electrons. The normalized spacial score (nSPS) is 11.0.